The van der Waals surface area contributed by atoms with Gasteiger partial charge < -0.3 is 31.4 Å². The number of carboxylic acid groups (broad SMARTS) is 1. The number of hydrogen-bond donors (Lipinski definition) is 6. The van der Waals surface area contributed by atoms with Gasteiger partial charge in [-0.3, -0.25) is 14.4 Å². The first-order valence-electron chi connectivity index (χ1n) is 10.7. The number of H-pyrrole nitrogens is 1. The van der Waals surface area contributed by atoms with Crippen molar-refractivity contribution in [3.63, 3.8) is 0 Å². The monoisotopic (exact) mass is 468 g/mol. The smallest absolute Gasteiger partial charge is 0.327 e. The molecule has 1 aromatic rings. The second kappa shape index (κ2) is 11.9. The van der Waals surface area contributed by atoms with Crippen molar-refractivity contribution in [2.24, 2.45) is 11.7 Å². The molecule has 1 aliphatic rings. The van der Waals surface area contributed by atoms with E-state index in [-0.39, 0.29) is 24.0 Å². The number of aromatic nitrogens is 2. The first kappa shape index (κ1) is 25.7. The van der Waals surface area contributed by atoms with Crippen LogP contribution in [0.15, 0.2) is 12.5 Å². The number of thiol groups is 1. The fourth-order valence-electron chi connectivity index (χ4n) is 3.63. The number of carbonyl (C=O) groups excluding carboxylic acids is 3. The summed E-state index contributed by atoms with van der Waals surface area (Å²) in [5.74, 6) is -2.93. The van der Waals surface area contributed by atoms with Gasteiger partial charge in [0.05, 0.1) is 12.4 Å². The minimum absolute atomic E-state index is 0.0820. The van der Waals surface area contributed by atoms with Gasteiger partial charge in [-0.25, -0.2) is 9.78 Å². The lowest BCUT2D eigenvalue weighted by Gasteiger charge is -2.30. The molecule has 1 saturated heterocycles. The van der Waals surface area contributed by atoms with Crippen LogP contribution in [0, 0.1) is 5.92 Å². The Hall–Kier alpha value is -2.60. The number of aliphatic carboxylic acids is 1. The van der Waals surface area contributed by atoms with Gasteiger partial charge in [0.15, 0.2) is 0 Å². The first-order valence-corrected chi connectivity index (χ1v) is 11.3. The highest BCUT2D eigenvalue weighted by Gasteiger charge is 2.38. The molecule has 3 amide bonds. The standard InChI is InChI=1S/C20H32N6O5S/c1-3-11(2)16(18(28)24-14(9-32)20(30)31)25-17(27)15-5-4-6-26(15)19(29)13(21)7-12-8-22-10-23-12/h8,10-11,13-16,32H,3-7,9,21H2,1-2H3,(H,22,23)(H,24,28)(H,25,27)(H,30,31). The van der Waals surface area contributed by atoms with Crippen molar-refractivity contribution >= 4 is 36.3 Å². The van der Waals surface area contributed by atoms with Gasteiger partial charge >= 0.3 is 5.97 Å². The summed E-state index contributed by atoms with van der Waals surface area (Å²) in [5.41, 5.74) is 6.79. The molecule has 6 N–H and O–H groups in total. The third-order valence-electron chi connectivity index (χ3n) is 5.74. The zero-order valence-electron chi connectivity index (χ0n) is 18.3. The molecular formula is C20H32N6O5S. The summed E-state index contributed by atoms with van der Waals surface area (Å²) in [4.78, 5) is 58.2. The minimum atomic E-state index is -1.21. The Bertz CT molecular complexity index is 804. The molecule has 1 aliphatic heterocycles. The van der Waals surface area contributed by atoms with Gasteiger partial charge in [-0.2, -0.15) is 12.6 Å². The maximum Gasteiger partial charge on any atom is 0.327 e. The van der Waals surface area contributed by atoms with Crippen molar-refractivity contribution < 1.29 is 24.3 Å². The van der Waals surface area contributed by atoms with Gasteiger partial charge in [-0.05, 0) is 18.8 Å². The second-order valence-electron chi connectivity index (χ2n) is 8.03. The third-order valence-corrected chi connectivity index (χ3v) is 6.11. The van der Waals surface area contributed by atoms with Crippen LogP contribution in [0.3, 0.4) is 0 Å². The van der Waals surface area contributed by atoms with Crippen LogP contribution in [0.25, 0.3) is 0 Å². The van der Waals surface area contributed by atoms with E-state index in [1.807, 2.05) is 6.92 Å². The van der Waals surface area contributed by atoms with E-state index >= 15 is 0 Å². The Kier molecular flexibility index (Phi) is 9.51. The summed E-state index contributed by atoms with van der Waals surface area (Å²) in [7, 11) is 0. The SMILES string of the molecule is CCC(C)C(NC(=O)C1CCCN1C(=O)C(N)Cc1cnc[nH]1)C(=O)NC(CS)C(=O)O. The summed E-state index contributed by atoms with van der Waals surface area (Å²) < 4.78 is 0. The van der Waals surface area contributed by atoms with Gasteiger partial charge in [-0.1, -0.05) is 20.3 Å². The van der Waals surface area contributed by atoms with E-state index in [1.54, 1.807) is 13.1 Å². The summed E-state index contributed by atoms with van der Waals surface area (Å²) in [6.45, 7) is 4.05. The molecule has 2 heterocycles. The lowest BCUT2D eigenvalue weighted by atomic mass is 9.97. The summed E-state index contributed by atoms with van der Waals surface area (Å²) in [6.07, 6.45) is 5.04. The Morgan fingerprint density at radius 3 is 2.66 bits per heavy atom. The fourth-order valence-corrected chi connectivity index (χ4v) is 3.88. The number of amides is 3. The highest BCUT2D eigenvalue weighted by atomic mass is 32.1. The Morgan fingerprint density at radius 1 is 1.38 bits per heavy atom. The van der Waals surface area contributed by atoms with Crippen LogP contribution in [0.5, 0.6) is 0 Å². The number of rotatable bonds is 11. The van der Waals surface area contributed by atoms with Crippen molar-refractivity contribution in [1.82, 2.24) is 25.5 Å². The predicted molar refractivity (Wildman–Crippen MR) is 120 cm³/mol. The maximum absolute atomic E-state index is 13.1. The van der Waals surface area contributed by atoms with Crippen LogP contribution >= 0.6 is 12.6 Å². The molecule has 5 unspecified atom stereocenters. The number of carbonyl (C=O) groups is 4. The van der Waals surface area contributed by atoms with Gasteiger partial charge in [0.1, 0.15) is 18.1 Å². The summed E-state index contributed by atoms with van der Waals surface area (Å²) in [6, 6.07) is -3.68. The summed E-state index contributed by atoms with van der Waals surface area (Å²) in [5, 5.41) is 14.3. The molecule has 11 nitrogen and oxygen atoms in total. The van der Waals surface area contributed by atoms with E-state index in [1.165, 1.54) is 11.2 Å². The van der Waals surface area contributed by atoms with E-state index in [4.69, 9.17) is 5.73 Å². The number of imidazole rings is 1. The van der Waals surface area contributed by atoms with Gasteiger partial charge in [0.25, 0.3) is 0 Å². The molecule has 5 atom stereocenters. The lowest BCUT2D eigenvalue weighted by Crippen LogP contribution is -2.58. The highest BCUT2D eigenvalue weighted by Crippen LogP contribution is 2.20. The van der Waals surface area contributed by atoms with Crippen LogP contribution < -0.4 is 16.4 Å². The lowest BCUT2D eigenvalue weighted by molar-refractivity contribution is -0.143. The Balaban J connectivity index is 2.07. The number of nitrogens with two attached hydrogens (primary N) is 1. The van der Waals surface area contributed by atoms with Gasteiger partial charge in [0, 0.05) is 30.6 Å². The molecule has 0 aromatic carbocycles. The topological polar surface area (TPSA) is 171 Å². The number of nitrogens with zero attached hydrogens (tertiary/aromatic N) is 2. The number of nitrogens with one attached hydrogen (secondary N) is 3. The molecule has 32 heavy (non-hydrogen) atoms. The third kappa shape index (κ3) is 6.45. The van der Waals surface area contributed by atoms with Crippen LogP contribution in [0.2, 0.25) is 0 Å². The minimum Gasteiger partial charge on any atom is -0.480 e. The van der Waals surface area contributed by atoms with Crippen LogP contribution in [-0.2, 0) is 25.6 Å². The zero-order valence-corrected chi connectivity index (χ0v) is 19.2. The molecular weight excluding hydrogens is 436 g/mol. The van der Waals surface area contributed by atoms with Crippen LogP contribution in [0.4, 0.5) is 0 Å². The van der Waals surface area contributed by atoms with Crippen molar-refractivity contribution in [3.8, 4) is 0 Å². The fraction of sp³-hybridized carbons (Fsp3) is 0.650. The van der Waals surface area contributed by atoms with Crippen LogP contribution in [-0.4, -0.2) is 80.1 Å². The van der Waals surface area contributed by atoms with Crippen molar-refractivity contribution in [2.75, 3.05) is 12.3 Å². The van der Waals surface area contributed by atoms with E-state index in [0.29, 0.717) is 25.8 Å². The molecule has 0 saturated carbocycles. The Labute approximate surface area is 192 Å². The highest BCUT2D eigenvalue weighted by molar-refractivity contribution is 7.80. The molecule has 1 aromatic heterocycles. The van der Waals surface area contributed by atoms with Crippen molar-refractivity contribution in [3.05, 3.63) is 18.2 Å². The molecule has 0 spiro atoms. The molecule has 12 heteroatoms. The summed E-state index contributed by atoms with van der Waals surface area (Å²) >= 11 is 3.95. The molecule has 2 rings (SSSR count). The van der Waals surface area contributed by atoms with Crippen molar-refractivity contribution in [2.45, 2.75) is 63.7 Å². The number of carboxylic acids is 1. The van der Waals surface area contributed by atoms with Crippen LogP contribution in [0.1, 0.15) is 38.8 Å². The normalized spacial score (nSPS) is 19.6. The number of aromatic amines is 1. The van der Waals surface area contributed by atoms with Gasteiger partial charge in [-0.15, -0.1) is 0 Å². The molecule has 0 bridgehead atoms. The number of likely N-dealkylation sites (tertiary alicyclic amines) is 1. The van der Waals surface area contributed by atoms with E-state index in [0.717, 1.165) is 5.69 Å². The molecule has 0 aliphatic carbocycles. The van der Waals surface area contributed by atoms with E-state index < -0.39 is 42.0 Å². The average Bonchev–Trinajstić information content (AvgIpc) is 3.46. The van der Waals surface area contributed by atoms with Crippen molar-refractivity contribution in [1.29, 1.82) is 0 Å². The number of hydrogen-bond acceptors (Lipinski definition) is 7. The average molecular weight is 469 g/mol. The Morgan fingerprint density at radius 2 is 2.09 bits per heavy atom. The largest absolute Gasteiger partial charge is 0.480 e. The molecule has 1 fully saturated rings. The predicted octanol–water partition coefficient (Wildman–Crippen LogP) is -0.699. The molecule has 0 radical (unpaired) electrons. The molecule has 178 valence electrons. The quantitative estimate of drug-likeness (QED) is 0.233. The van der Waals surface area contributed by atoms with Gasteiger partial charge in [0.2, 0.25) is 17.7 Å². The van der Waals surface area contributed by atoms with E-state index in [2.05, 4.69) is 33.2 Å². The second-order valence-corrected chi connectivity index (χ2v) is 8.40. The zero-order chi connectivity index (χ0) is 23.8. The first-order chi connectivity index (χ1) is 15.2. The van der Waals surface area contributed by atoms with E-state index in [9.17, 15) is 24.3 Å². The maximum atomic E-state index is 13.1.